The number of nitrogens with zero attached hydrogens (tertiary/aromatic N) is 5. The molecule has 0 spiro atoms. The predicted octanol–water partition coefficient (Wildman–Crippen LogP) is 0.913. The number of hydrogen-bond donors (Lipinski definition) is 1. The number of likely N-dealkylation sites (tertiary alicyclic amines) is 1. The number of carboxylic acids is 1. The van der Waals surface area contributed by atoms with Gasteiger partial charge in [0.2, 0.25) is 0 Å². The molecule has 1 fully saturated rings. The third kappa shape index (κ3) is 3.17. The monoisotopic (exact) mass is 327 g/mol. The zero-order valence-electron chi connectivity index (χ0n) is 13.2. The van der Waals surface area contributed by atoms with Crippen molar-refractivity contribution >= 4 is 23.6 Å². The third-order valence-corrected chi connectivity index (χ3v) is 4.00. The van der Waals surface area contributed by atoms with Gasteiger partial charge in [-0.05, 0) is 35.4 Å². The SMILES string of the molecule is Cc1nnnn1/C(=C\c1ccccc1)C(=O)N1CCC(C(=O)O)C1. The fraction of sp³-hybridized carbons (Fsp3) is 0.312. The number of tetrazole rings is 1. The highest BCUT2D eigenvalue weighted by atomic mass is 16.4. The van der Waals surface area contributed by atoms with Crippen molar-refractivity contribution in [1.29, 1.82) is 0 Å². The van der Waals surface area contributed by atoms with E-state index in [9.17, 15) is 9.59 Å². The van der Waals surface area contributed by atoms with Crippen LogP contribution in [0, 0.1) is 12.8 Å². The Kier molecular flexibility index (Phi) is 4.37. The molecule has 1 atom stereocenters. The lowest BCUT2D eigenvalue weighted by molar-refractivity contribution is -0.141. The van der Waals surface area contributed by atoms with Crippen LogP contribution >= 0.6 is 0 Å². The number of aryl methyl sites for hydroxylation is 1. The summed E-state index contributed by atoms with van der Waals surface area (Å²) in [5.41, 5.74) is 1.14. The molecule has 1 aliphatic heterocycles. The standard InChI is InChI=1S/C16H17N5O3/c1-11-17-18-19-21(11)14(9-12-5-3-2-4-6-12)15(22)20-8-7-13(10-20)16(23)24/h2-6,9,13H,7-8,10H2,1H3,(H,23,24)/b14-9-. The van der Waals surface area contributed by atoms with Gasteiger partial charge in [0.25, 0.3) is 5.91 Å². The van der Waals surface area contributed by atoms with Gasteiger partial charge in [0.05, 0.1) is 5.92 Å². The van der Waals surface area contributed by atoms with E-state index in [1.807, 2.05) is 30.3 Å². The molecule has 1 aliphatic rings. The second-order valence-electron chi connectivity index (χ2n) is 5.65. The van der Waals surface area contributed by atoms with Crippen LogP contribution in [0.1, 0.15) is 17.8 Å². The molecule has 1 saturated heterocycles. The number of amides is 1. The number of carbonyl (C=O) groups is 2. The topological polar surface area (TPSA) is 101 Å². The molecule has 1 amide bonds. The molecule has 124 valence electrons. The largest absolute Gasteiger partial charge is 0.481 e. The van der Waals surface area contributed by atoms with Crippen LogP contribution in [0.3, 0.4) is 0 Å². The van der Waals surface area contributed by atoms with Gasteiger partial charge in [0.1, 0.15) is 5.70 Å². The molecule has 1 aromatic heterocycles. The Hall–Kier alpha value is -3.03. The summed E-state index contributed by atoms with van der Waals surface area (Å²) < 4.78 is 1.38. The zero-order valence-corrected chi connectivity index (χ0v) is 13.2. The van der Waals surface area contributed by atoms with E-state index in [2.05, 4.69) is 15.5 Å². The Morgan fingerprint density at radius 1 is 1.29 bits per heavy atom. The van der Waals surface area contributed by atoms with Crippen LogP contribution in [0.25, 0.3) is 11.8 Å². The van der Waals surface area contributed by atoms with Crippen molar-refractivity contribution in [3.05, 3.63) is 41.7 Å². The van der Waals surface area contributed by atoms with E-state index in [0.29, 0.717) is 24.5 Å². The van der Waals surface area contributed by atoms with Crippen LogP contribution in [0.15, 0.2) is 30.3 Å². The number of carboxylic acid groups (broad SMARTS) is 1. The van der Waals surface area contributed by atoms with Crippen molar-refractivity contribution < 1.29 is 14.7 Å². The van der Waals surface area contributed by atoms with Gasteiger partial charge < -0.3 is 10.0 Å². The van der Waals surface area contributed by atoms with Crippen LogP contribution < -0.4 is 0 Å². The molecule has 3 rings (SSSR count). The maximum Gasteiger partial charge on any atom is 0.308 e. The first-order valence-electron chi connectivity index (χ1n) is 7.60. The lowest BCUT2D eigenvalue weighted by Crippen LogP contribution is -2.32. The second-order valence-corrected chi connectivity index (χ2v) is 5.65. The van der Waals surface area contributed by atoms with E-state index < -0.39 is 11.9 Å². The van der Waals surface area contributed by atoms with Crippen molar-refractivity contribution in [2.75, 3.05) is 13.1 Å². The molecule has 2 aromatic rings. The van der Waals surface area contributed by atoms with Gasteiger partial charge >= 0.3 is 5.97 Å². The van der Waals surface area contributed by atoms with Crippen molar-refractivity contribution in [1.82, 2.24) is 25.1 Å². The molecular formula is C16H17N5O3. The molecule has 1 unspecified atom stereocenters. The number of hydrogen-bond acceptors (Lipinski definition) is 5. The molecule has 0 bridgehead atoms. The van der Waals surface area contributed by atoms with Gasteiger partial charge in [-0.15, -0.1) is 5.10 Å². The maximum atomic E-state index is 12.9. The molecule has 2 heterocycles. The van der Waals surface area contributed by atoms with E-state index in [0.717, 1.165) is 5.56 Å². The molecule has 0 saturated carbocycles. The Bertz CT molecular complexity index is 784. The first-order valence-corrected chi connectivity index (χ1v) is 7.60. The molecule has 8 nitrogen and oxygen atoms in total. The van der Waals surface area contributed by atoms with Gasteiger partial charge in [-0.3, -0.25) is 9.59 Å². The van der Waals surface area contributed by atoms with Crippen LogP contribution in [0.4, 0.5) is 0 Å². The molecular weight excluding hydrogens is 310 g/mol. The molecule has 1 aromatic carbocycles. The molecule has 8 heteroatoms. The van der Waals surface area contributed by atoms with E-state index >= 15 is 0 Å². The van der Waals surface area contributed by atoms with Crippen molar-refractivity contribution in [2.45, 2.75) is 13.3 Å². The molecule has 0 aliphatic carbocycles. The highest BCUT2D eigenvalue weighted by Gasteiger charge is 2.33. The summed E-state index contributed by atoms with van der Waals surface area (Å²) in [6, 6.07) is 9.38. The van der Waals surface area contributed by atoms with E-state index in [4.69, 9.17) is 5.11 Å². The fourth-order valence-corrected chi connectivity index (χ4v) is 2.68. The van der Waals surface area contributed by atoms with E-state index in [-0.39, 0.29) is 12.5 Å². The van der Waals surface area contributed by atoms with Gasteiger partial charge in [-0.2, -0.15) is 4.68 Å². The molecule has 1 N–H and O–H groups in total. The number of aromatic nitrogens is 4. The van der Waals surface area contributed by atoms with E-state index in [1.165, 1.54) is 9.58 Å². The number of rotatable bonds is 4. The van der Waals surface area contributed by atoms with Crippen molar-refractivity contribution in [3.63, 3.8) is 0 Å². The average molecular weight is 327 g/mol. The molecule has 0 radical (unpaired) electrons. The summed E-state index contributed by atoms with van der Waals surface area (Å²) in [7, 11) is 0. The lowest BCUT2D eigenvalue weighted by atomic mass is 10.1. The first kappa shape index (κ1) is 15.9. The van der Waals surface area contributed by atoms with Gasteiger partial charge in [0, 0.05) is 13.1 Å². The fourth-order valence-electron chi connectivity index (χ4n) is 2.68. The minimum absolute atomic E-state index is 0.196. The maximum absolute atomic E-state index is 12.9. The Balaban J connectivity index is 1.94. The zero-order chi connectivity index (χ0) is 17.1. The van der Waals surface area contributed by atoms with E-state index in [1.54, 1.807) is 13.0 Å². The number of carbonyl (C=O) groups excluding carboxylic acids is 1. The predicted molar refractivity (Wildman–Crippen MR) is 85.5 cm³/mol. The minimum atomic E-state index is -0.877. The summed E-state index contributed by atoms with van der Waals surface area (Å²) >= 11 is 0. The summed E-state index contributed by atoms with van der Waals surface area (Å²) in [6.07, 6.45) is 2.16. The normalized spacial score (nSPS) is 18.0. The van der Waals surface area contributed by atoms with Crippen molar-refractivity contribution in [3.8, 4) is 0 Å². The first-order chi connectivity index (χ1) is 11.6. The van der Waals surface area contributed by atoms with Gasteiger partial charge in [0.15, 0.2) is 5.82 Å². The summed E-state index contributed by atoms with van der Waals surface area (Å²) in [4.78, 5) is 25.6. The van der Waals surface area contributed by atoms with Gasteiger partial charge in [-0.25, -0.2) is 0 Å². The van der Waals surface area contributed by atoms with Crippen LogP contribution in [0.2, 0.25) is 0 Å². The Morgan fingerprint density at radius 3 is 2.62 bits per heavy atom. The molecule has 24 heavy (non-hydrogen) atoms. The Labute approximate surface area is 138 Å². The summed E-state index contributed by atoms with van der Waals surface area (Å²) in [5, 5.41) is 20.4. The highest BCUT2D eigenvalue weighted by Crippen LogP contribution is 2.21. The smallest absolute Gasteiger partial charge is 0.308 e. The van der Waals surface area contributed by atoms with Crippen molar-refractivity contribution in [2.24, 2.45) is 5.92 Å². The van der Waals surface area contributed by atoms with Crippen LogP contribution in [-0.2, 0) is 9.59 Å². The number of benzene rings is 1. The quantitative estimate of drug-likeness (QED) is 0.838. The van der Waals surface area contributed by atoms with Crippen LogP contribution in [0.5, 0.6) is 0 Å². The number of aliphatic carboxylic acids is 1. The lowest BCUT2D eigenvalue weighted by Gasteiger charge is -2.18. The summed E-state index contributed by atoms with van der Waals surface area (Å²) in [6.45, 7) is 2.31. The average Bonchev–Trinajstić information content (AvgIpc) is 3.22. The minimum Gasteiger partial charge on any atom is -0.481 e. The Morgan fingerprint density at radius 2 is 2.04 bits per heavy atom. The third-order valence-electron chi connectivity index (χ3n) is 4.00. The summed E-state index contributed by atoms with van der Waals surface area (Å²) in [5.74, 6) is -1.20. The van der Waals surface area contributed by atoms with Crippen LogP contribution in [-0.4, -0.2) is 55.2 Å². The second kappa shape index (κ2) is 6.61. The highest BCUT2D eigenvalue weighted by molar-refractivity contribution is 6.18. The van der Waals surface area contributed by atoms with Gasteiger partial charge in [-0.1, -0.05) is 30.3 Å².